The molecule has 0 fully saturated rings. The van der Waals surface area contributed by atoms with E-state index in [-0.39, 0.29) is 19.0 Å². The fourth-order valence-corrected chi connectivity index (χ4v) is 3.01. The fraction of sp³-hybridized carbons (Fsp3) is 0.190. The van der Waals surface area contributed by atoms with Crippen LogP contribution in [-0.2, 0) is 17.9 Å². The van der Waals surface area contributed by atoms with Crippen molar-refractivity contribution in [2.24, 2.45) is 0 Å². The average Bonchev–Trinajstić information content (AvgIpc) is 3.11. The maximum Gasteiger partial charge on any atom is 0.437 e. The quantitative estimate of drug-likeness (QED) is 0.570. The molecule has 3 aromatic rings. The molecule has 1 aromatic heterocycles. The van der Waals surface area contributed by atoms with Crippen LogP contribution in [0.3, 0.4) is 0 Å². The molecule has 0 atom stereocenters. The molecule has 31 heavy (non-hydrogen) atoms. The summed E-state index contributed by atoms with van der Waals surface area (Å²) in [6, 6.07) is 9.45. The number of hydrogen-bond acceptors (Lipinski definition) is 6. The van der Waals surface area contributed by atoms with Crippen LogP contribution in [0, 0.1) is 5.82 Å². The molecular weight excluding hydrogens is 429 g/mol. The van der Waals surface area contributed by atoms with Gasteiger partial charge in [0.05, 0.1) is 19.2 Å². The molecule has 0 saturated carbocycles. The van der Waals surface area contributed by atoms with Crippen LogP contribution < -0.4 is 20.5 Å². The minimum Gasteiger partial charge on any atom is -0.493 e. The van der Waals surface area contributed by atoms with Gasteiger partial charge in [-0.05, 0) is 29.8 Å². The highest BCUT2D eigenvalue weighted by atomic mass is 35.5. The summed E-state index contributed by atoms with van der Waals surface area (Å²) in [5.74, 6) is -0.927. The van der Waals surface area contributed by atoms with Crippen molar-refractivity contribution in [1.82, 2.24) is 15.1 Å². The van der Waals surface area contributed by atoms with E-state index in [1.807, 2.05) is 0 Å². The second-order valence-electron chi connectivity index (χ2n) is 6.27. The lowest BCUT2D eigenvalue weighted by molar-refractivity contribution is -0.122. The molecule has 0 unspecified atom stereocenters. The summed E-state index contributed by atoms with van der Waals surface area (Å²) in [4.78, 5) is 24.0. The topological polar surface area (TPSA) is 95.6 Å². The van der Waals surface area contributed by atoms with Crippen molar-refractivity contribution in [3.63, 3.8) is 0 Å². The second kappa shape index (κ2) is 9.94. The van der Waals surface area contributed by atoms with Crippen LogP contribution in [0.5, 0.6) is 11.5 Å². The van der Waals surface area contributed by atoms with E-state index in [0.717, 1.165) is 4.68 Å². The summed E-state index contributed by atoms with van der Waals surface area (Å²) in [6.45, 7) is -0.385. The molecule has 0 aliphatic heterocycles. The van der Waals surface area contributed by atoms with Crippen molar-refractivity contribution in [3.8, 4) is 11.5 Å². The predicted molar refractivity (Wildman–Crippen MR) is 112 cm³/mol. The Kier molecular flexibility index (Phi) is 7.09. The Bertz CT molecular complexity index is 1170. The number of halogens is 2. The highest BCUT2D eigenvalue weighted by molar-refractivity contribution is 6.33. The highest BCUT2D eigenvalue weighted by Crippen LogP contribution is 2.37. The first-order chi connectivity index (χ1) is 14.9. The zero-order chi connectivity index (χ0) is 22.4. The molecule has 1 N–H and O–H groups in total. The molecule has 8 nitrogen and oxygen atoms in total. The van der Waals surface area contributed by atoms with E-state index in [0.29, 0.717) is 27.6 Å². The van der Waals surface area contributed by atoms with Gasteiger partial charge in [-0.1, -0.05) is 29.8 Å². The normalized spacial score (nSPS) is 11.0. The highest BCUT2D eigenvalue weighted by Gasteiger charge is 2.13. The SMILES string of the molecule is COc1ccc(C=Cc2nn(CC(=O)NCc3ccccc3F)c(=O)o2)c(Cl)c1OC. The van der Waals surface area contributed by atoms with E-state index in [4.69, 9.17) is 25.5 Å². The first-order valence-corrected chi connectivity index (χ1v) is 9.47. The maximum atomic E-state index is 13.6. The molecule has 162 valence electrons. The van der Waals surface area contributed by atoms with Gasteiger partial charge in [-0.25, -0.2) is 9.18 Å². The number of methoxy groups -OCH3 is 2. The Labute approximate surface area is 181 Å². The van der Waals surface area contributed by atoms with Crippen molar-refractivity contribution >= 4 is 29.7 Å². The molecule has 10 heteroatoms. The van der Waals surface area contributed by atoms with Crippen LogP contribution >= 0.6 is 11.6 Å². The van der Waals surface area contributed by atoms with Crippen LogP contribution in [-0.4, -0.2) is 29.9 Å². The molecule has 0 saturated heterocycles. The first-order valence-electron chi connectivity index (χ1n) is 9.09. The lowest BCUT2D eigenvalue weighted by atomic mass is 10.2. The largest absolute Gasteiger partial charge is 0.493 e. The van der Waals surface area contributed by atoms with Gasteiger partial charge in [-0.3, -0.25) is 4.79 Å². The molecule has 1 amide bonds. The van der Waals surface area contributed by atoms with Gasteiger partial charge >= 0.3 is 5.76 Å². The number of nitrogens with zero attached hydrogens (tertiary/aromatic N) is 2. The van der Waals surface area contributed by atoms with Gasteiger partial charge in [0.2, 0.25) is 11.8 Å². The Balaban J connectivity index is 1.68. The molecule has 0 aliphatic rings. The first kappa shape index (κ1) is 22.1. The molecule has 0 bridgehead atoms. The third kappa shape index (κ3) is 5.32. The van der Waals surface area contributed by atoms with Crippen molar-refractivity contribution in [1.29, 1.82) is 0 Å². The van der Waals surface area contributed by atoms with E-state index < -0.39 is 17.5 Å². The number of carbonyl (C=O) groups excluding carboxylic acids is 1. The number of benzene rings is 2. The lowest BCUT2D eigenvalue weighted by Gasteiger charge is -2.10. The third-order valence-electron chi connectivity index (χ3n) is 4.27. The smallest absolute Gasteiger partial charge is 0.437 e. The van der Waals surface area contributed by atoms with Crippen LogP contribution in [0.2, 0.25) is 5.02 Å². The van der Waals surface area contributed by atoms with Gasteiger partial charge < -0.3 is 19.2 Å². The van der Waals surface area contributed by atoms with Crippen molar-refractivity contribution in [3.05, 3.63) is 74.8 Å². The fourth-order valence-electron chi connectivity index (χ4n) is 2.71. The minimum atomic E-state index is -0.806. The Morgan fingerprint density at radius 3 is 2.71 bits per heavy atom. The van der Waals surface area contributed by atoms with Crippen molar-refractivity contribution in [2.75, 3.05) is 14.2 Å². The van der Waals surface area contributed by atoms with Gasteiger partial charge in [-0.2, -0.15) is 4.68 Å². The minimum absolute atomic E-state index is 0.0112. The van der Waals surface area contributed by atoms with E-state index in [1.54, 1.807) is 36.4 Å². The molecule has 1 heterocycles. The van der Waals surface area contributed by atoms with E-state index >= 15 is 0 Å². The molecule has 2 aromatic carbocycles. The van der Waals surface area contributed by atoms with Crippen LogP contribution in [0.25, 0.3) is 12.2 Å². The number of ether oxygens (including phenoxy) is 2. The molecular formula is C21H19ClFN3O5. The number of amides is 1. The summed E-state index contributed by atoms with van der Waals surface area (Å²) in [5, 5.41) is 6.80. The Morgan fingerprint density at radius 1 is 1.23 bits per heavy atom. The number of nitrogens with one attached hydrogen (secondary N) is 1. The van der Waals surface area contributed by atoms with Gasteiger partial charge in [0.15, 0.2) is 11.5 Å². The monoisotopic (exact) mass is 447 g/mol. The van der Waals surface area contributed by atoms with Gasteiger partial charge in [0.1, 0.15) is 12.4 Å². The summed E-state index contributed by atoms with van der Waals surface area (Å²) in [6.07, 6.45) is 3.01. The van der Waals surface area contributed by atoms with E-state index in [2.05, 4.69) is 10.4 Å². The summed E-state index contributed by atoms with van der Waals surface area (Å²) >= 11 is 6.31. The lowest BCUT2D eigenvalue weighted by Crippen LogP contribution is -2.31. The van der Waals surface area contributed by atoms with Crippen molar-refractivity contribution in [2.45, 2.75) is 13.1 Å². The Morgan fingerprint density at radius 2 is 2.00 bits per heavy atom. The molecule has 3 rings (SSSR count). The van der Waals surface area contributed by atoms with Gasteiger partial charge in [0.25, 0.3) is 0 Å². The average molecular weight is 448 g/mol. The summed E-state index contributed by atoms with van der Waals surface area (Å²) in [5.41, 5.74) is 0.915. The molecule has 0 aliphatic carbocycles. The summed E-state index contributed by atoms with van der Waals surface area (Å²) in [7, 11) is 2.96. The standard InChI is InChI=1S/C21H19ClFN3O5/c1-29-16-9-7-13(19(22)20(16)30-2)8-10-18-25-26(21(28)31-18)12-17(27)24-11-14-5-3-4-6-15(14)23/h3-10H,11-12H2,1-2H3,(H,24,27). The maximum absolute atomic E-state index is 13.6. The second-order valence-corrected chi connectivity index (χ2v) is 6.65. The number of rotatable bonds is 8. The van der Waals surface area contributed by atoms with Crippen LogP contribution in [0.1, 0.15) is 17.0 Å². The third-order valence-corrected chi connectivity index (χ3v) is 4.66. The number of hydrogen-bond donors (Lipinski definition) is 1. The van der Waals surface area contributed by atoms with Crippen LogP contribution in [0.15, 0.2) is 45.6 Å². The van der Waals surface area contributed by atoms with Crippen LogP contribution in [0.4, 0.5) is 4.39 Å². The zero-order valence-electron chi connectivity index (χ0n) is 16.7. The van der Waals surface area contributed by atoms with E-state index in [1.165, 1.54) is 26.4 Å². The Hall–Kier alpha value is -3.59. The molecule has 0 spiro atoms. The van der Waals surface area contributed by atoms with Crippen molar-refractivity contribution < 1.29 is 23.1 Å². The number of carbonyl (C=O) groups is 1. The zero-order valence-corrected chi connectivity index (χ0v) is 17.5. The predicted octanol–water partition coefficient (Wildman–Crippen LogP) is 3.13. The van der Waals surface area contributed by atoms with Gasteiger partial charge in [-0.15, -0.1) is 5.10 Å². The molecule has 0 radical (unpaired) electrons. The number of aromatic nitrogens is 2. The summed E-state index contributed by atoms with van der Waals surface area (Å²) < 4.78 is 29.9. The van der Waals surface area contributed by atoms with Gasteiger partial charge in [0, 0.05) is 18.2 Å². The van der Waals surface area contributed by atoms with E-state index in [9.17, 15) is 14.0 Å².